The fourth-order valence-electron chi connectivity index (χ4n) is 2.27. The van der Waals surface area contributed by atoms with Crippen molar-refractivity contribution in [3.8, 4) is 5.75 Å². The average molecular weight is 248 g/mol. The molecule has 1 amide bonds. The van der Waals surface area contributed by atoms with E-state index in [0.29, 0.717) is 18.5 Å². The molecule has 1 fully saturated rings. The van der Waals surface area contributed by atoms with Crippen LogP contribution in [0.4, 0.5) is 0 Å². The summed E-state index contributed by atoms with van der Waals surface area (Å²) in [6, 6.07) is 9.66. The summed E-state index contributed by atoms with van der Waals surface area (Å²) in [4.78, 5) is 11.6. The molecule has 1 aromatic carbocycles. The van der Waals surface area contributed by atoms with Gasteiger partial charge in [0.2, 0.25) is 0 Å². The molecule has 1 saturated carbocycles. The van der Waals surface area contributed by atoms with Gasteiger partial charge in [-0.1, -0.05) is 18.2 Å². The Labute approximate surface area is 108 Å². The molecule has 2 rings (SSSR count). The van der Waals surface area contributed by atoms with Crippen molar-refractivity contribution in [1.82, 2.24) is 5.32 Å². The first-order valence-electron chi connectivity index (χ1n) is 6.44. The fourth-order valence-corrected chi connectivity index (χ4v) is 2.27. The minimum atomic E-state index is -0.0701. The predicted octanol–water partition coefficient (Wildman–Crippen LogP) is 1.31. The summed E-state index contributed by atoms with van der Waals surface area (Å²) in [5, 5.41) is 2.90. The zero-order valence-corrected chi connectivity index (χ0v) is 10.5. The van der Waals surface area contributed by atoms with Crippen LogP contribution in [0.5, 0.6) is 5.75 Å². The molecule has 98 valence electrons. The molecule has 0 spiro atoms. The number of ether oxygens (including phenoxy) is 1. The highest BCUT2D eigenvalue weighted by molar-refractivity contribution is 5.77. The third-order valence-corrected chi connectivity index (χ3v) is 3.28. The lowest BCUT2D eigenvalue weighted by molar-refractivity contribution is -0.123. The number of nitrogens with one attached hydrogen (secondary N) is 1. The molecular formula is C14H20N2O2. The lowest BCUT2D eigenvalue weighted by Crippen LogP contribution is -2.33. The summed E-state index contributed by atoms with van der Waals surface area (Å²) in [7, 11) is 0. The molecule has 1 aromatic rings. The van der Waals surface area contributed by atoms with Gasteiger partial charge in [0.05, 0.1) is 0 Å². The lowest BCUT2D eigenvalue weighted by Gasteiger charge is -2.11. The smallest absolute Gasteiger partial charge is 0.257 e. The lowest BCUT2D eigenvalue weighted by atomic mass is 10.1. The maximum atomic E-state index is 11.6. The molecule has 3 N–H and O–H groups in total. The molecule has 0 bridgehead atoms. The van der Waals surface area contributed by atoms with Gasteiger partial charge >= 0.3 is 0 Å². The molecule has 4 nitrogen and oxygen atoms in total. The molecule has 18 heavy (non-hydrogen) atoms. The Morgan fingerprint density at radius 1 is 1.33 bits per heavy atom. The number of hydrogen-bond acceptors (Lipinski definition) is 3. The van der Waals surface area contributed by atoms with Crippen molar-refractivity contribution in [2.24, 2.45) is 11.7 Å². The number of para-hydroxylation sites is 1. The Bertz CT molecular complexity index is 381. The Balaban J connectivity index is 1.63. The van der Waals surface area contributed by atoms with E-state index < -0.39 is 0 Å². The van der Waals surface area contributed by atoms with Crippen LogP contribution in [-0.2, 0) is 4.79 Å². The maximum Gasteiger partial charge on any atom is 0.257 e. The zero-order chi connectivity index (χ0) is 12.8. The fraction of sp³-hybridized carbons (Fsp3) is 0.500. The number of benzene rings is 1. The molecule has 4 heteroatoms. The number of amides is 1. The van der Waals surface area contributed by atoms with E-state index >= 15 is 0 Å². The van der Waals surface area contributed by atoms with E-state index in [4.69, 9.17) is 10.5 Å². The Morgan fingerprint density at radius 3 is 2.78 bits per heavy atom. The summed E-state index contributed by atoms with van der Waals surface area (Å²) >= 11 is 0. The molecule has 2 unspecified atom stereocenters. The first kappa shape index (κ1) is 12.9. The van der Waals surface area contributed by atoms with Crippen LogP contribution in [0.1, 0.15) is 19.3 Å². The van der Waals surface area contributed by atoms with Crippen LogP contribution in [0.2, 0.25) is 0 Å². The van der Waals surface area contributed by atoms with E-state index in [9.17, 15) is 4.79 Å². The van der Waals surface area contributed by atoms with Gasteiger partial charge in [0.15, 0.2) is 6.61 Å². The largest absolute Gasteiger partial charge is 0.484 e. The number of rotatable bonds is 5. The second-order valence-corrected chi connectivity index (χ2v) is 4.84. The quantitative estimate of drug-likeness (QED) is 0.825. The highest BCUT2D eigenvalue weighted by Crippen LogP contribution is 2.23. The Morgan fingerprint density at radius 2 is 2.11 bits per heavy atom. The average Bonchev–Trinajstić information content (AvgIpc) is 2.81. The second-order valence-electron chi connectivity index (χ2n) is 4.84. The van der Waals surface area contributed by atoms with Crippen LogP contribution >= 0.6 is 0 Å². The summed E-state index contributed by atoms with van der Waals surface area (Å²) < 4.78 is 5.37. The standard InChI is InChI=1S/C14H20N2O2/c15-12-7-6-11(8-12)9-16-14(17)10-18-13-4-2-1-3-5-13/h1-5,11-12H,6-10,15H2,(H,16,17). The number of carbonyl (C=O) groups is 1. The monoisotopic (exact) mass is 248 g/mol. The number of hydrogen-bond donors (Lipinski definition) is 2. The van der Waals surface area contributed by atoms with Crippen molar-refractivity contribution in [2.75, 3.05) is 13.2 Å². The summed E-state index contributed by atoms with van der Waals surface area (Å²) in [6.07, 6.45) is 3.20. The van der Waals surface area contributed by atoms with Crippen molar-refractivity contribution in [3.63, 3.8) is 0 Å². The van der Waals surface area contributed by atoms with E-state index in [-0.39, 0.29) is 12.5 Å². The van der Waals surface area contributed by atoms with Crippen LogP contribution in [0.3, 0.4) is 0 Å². The Hall–Kier alpha value is -1.55. The molecule has 0 radical (unpaired) electrons. The van der Waals surface area contributed by atoms with Gasteiger partial charge in [-0.3, -0.25) is 4.79 Å². The van der Waals surface area contributed by atoms with E-state index in [2.05, 4.69) is 5.32 Å². The van der Waals surface area contributed by atoms with Gasteiger partial charge in [0.1, 0.15) is 5.75 Å². The van der Waals surface area contributed by atoms with Crippen molar-refractivity contribution in [2.45, 2.75) is 25.3 Å². The van der Waals surface area contributed by atoms with Crippen molar-refractivity contribution < 1.29 is 9.53 Å². The van der Waals surface area contributed by atoms with Crippen molar-refractivity contribution in [1.29, 1.82) is 0 Å². The van der Waals surface area contributed by atoms with Crippen LogP contribution in [0.15, 0.2) is 30.3 Å². The first-order valence-corrected chi connectivity index (χ1v) is 6.44. The number of nitrogens with two attached hydrogens (primary N) is 1. The SMILES string of the molecule is NC1CCC(CNC(=O)COc2ccccc2)C1. The molecule has 0 aromatic heterocycles. The van der Waals surface area contributed by atoms with Gasteiger partial charge in [-0.15, -0.1) is 0 Å². The molecule has 0 aliphatic heterocycles. The van der Waals surface area contributed by atoms with Gasteiger partial charge in [0.25, 0.3) is 5.91 Å². The van der Waals surface area contributed by atoms with Crippen LogP contribution in [0.25, 0.3) is 0 Å². The van der Waals surface area contributed by atoms with Crippen molar-refractivity contribution >= 4 is 5.91 Å². The second kappa shape index (κ2) is 6.40. The van der Waals surface area contributed by atoms with Gasteiger partial charge in [-0.25, -0.2) is 0 Å². The molecule has 0 saturated heterocycles. The third-order valence-electron chi connectivity index (χ3n) is 3.28. The van der Waals surface area contributed by atoms with Gasteiger partial charge in [-0.05, 0) is 37.3 Å². The molecule has 1 aliphatic carbocycles. The Kier molecular flexibility index (Phi) is 4.59. The molecule has 1 aliphatic rings. The third kappa shape index (κ3) is 4.04. The minimum Gasteiger partial charge on any atom is -0.484 e. The minimum absolute atomic E-state index is 0.0701. The van der Waals surface area contributed by atoms with Crippen LogP contribution in [-0.4, -0.2) is 25.1 Å². The van der Waals surface area contributed by atoms with E-state index in [1.54, 1.807) is 0 Å². The van der Waals surface area contributed by atoms with Gasteiger partial charge in [0, 0.05) is 12.6 Å². The summed E-state index contributed by atoms with van der Waals surface area (Å²) in [6.45, 7) is 0.785. The van der Waals surface area contributed by atoms with Gasteiger partial charge in [-0.2, -0.15) is 0 Å². The molecule has 2 atom stereocenters. The van der Waals surface area contributed by atoms with E-state index in [0.717, 1.165) is 25.0 Å². The molecule has 0 heterocycles. The van der Waals surface area contributed by atoms with E-state index in [1.807, 2.05) is 30.3 Å². The maximum absolute atomic E-state index is 11.6. The normalized spacial score (nSPS) is 22.7. The molecular weight excluding hydrogens is 228 g/mol. The highest BCUT2D eigenvalue weighted by atomic mass is 16.5. The topological polar surface area (TPSA) is 64.3 Å². The first-order chi connectivity index (χ1) is 8.74. The van der Waals surface area contributed by atoms with E-state index in [1.165, 1.54) is 0 Å². The zero-order valence-electron chi connectivity index (χ0n) is 10.5. The van der Waals surface area contributed by atoms with Crippen LogP contribution in [0, 0.1) is 5.92 Å². The van der Waals surface area contributed by atoms with Gasteiger partial charge < -0.3 is 15.8 Å². The number of carbonyl (C=O) groups excluding carboxylic acids is 1. The summed E-state index contributed by atoms with van der Waals surface area (Å²) in [5.74, 6) is 1.18. The predicted molar refractivity (Wildman–Crippen MR) is 70.3 cm³/mol. The van der Waals surface area contributed by atoms with Crippen molar-refractivity contribution in [3.05, 3.63) is 30.3 Å². The highest BCUT2D eigenvalue weighted by Gasteiger charge is 2.21. The van der Waals surface area contributed by atoms with Crippen LogP contribution < -0.4 is 15.8 Å². The summed E-state index contributed by atoms with van der Waals surface area (Å²) in [5.41, 5.74) is 5.83.